The van der Waals surface area contributed by atoms with E-state index >= 15 is 0 Å². The first kappa shape index (κ1) is 14.6. The van der Waals surface area contributed by atoms with E-state index in [2.05, 4.69) is 19.2 Å². The van der Waals surface area contributed by atoms with E-state index in [4.69, 9.17) is 9.15 Å². The zero-order valence-corrected chi connectivity index (χ0v) is 12.4. The van der Waals surface area contributed by atoms with Crippen LogP contribution in [0.2, 0.25) is 0 Å². The summed E-state index contributed by atoms with van der Waals surface area (Å²) in [6, 6.07) is 7.79. The van der Waals surface area contributed by atoms with E-state index in [-0.39, 0.29) is 11.9 Å². The average molecular weight is 275 g/mol. The summed E-state index contributed by atoms with van der Waals surface area (Å²) < 4.78 is 11.3. The highest BCUT2D eigenvalue weighted by Gasteiger charge is 2.10. The van der Waals surface area contributed by atoms with Gasteiger partial charge in [0.2, 0.25) is 0 Å². The predicted octanol–water partition coefficient (Wildman–Crippen LogP) is 3.40. The van der Waals surface area contributed by atoms with E-state index in [0.29, 0.717) is 17.4 Å². The molecule has 0 fully saturated rings. The number of ketones is 1. The summed E-state index contributed by atoms with van der Waals surface area (Å²) in [5.74, 6) is 1.09. The zero-order valence-electron chi connectivity index (χ0n) is 12.4. The molecule has 0 aliphatic rings. The summed E-state index contributed by atoms with van der Waals surface area (Å²) in [6.45, 7) is 8.52. The van der Waals surface area contributed by atoms with E-state index in [1.54, 1.807) is 6.07 Å². The highest BCUT2D eigenvalue weighted by molar-refractivity contribution is 5.96. The van der Waals surface area contributed by atoms with Crippen LogP contribution in [0.1, 0.15) is 38.2 Å². The van der Waals surface area contributed by atoms with Crippen LogP contribution in [0, 0.1) is 0 Å². The Morgan fingerprint density at radius 2 is 2.05 bits per heavy atom. The Morgan fingerprint density at radius 1 is 1.30 bits per heavy atom. The number of hydrogen-bond donors (Lipinski definition) is 1. The third kappa shape index (κ3) is 3.61. The van der Waals surface area contributed by atoms with Gasteiger partial charge in [-0.3, -0.25) is 4.79 Å². The molecule has 0 spiro atoms. The Morgan fingerprint density at radius 3 is 2.70 bits per heavy atom. The van der Waals surface area contributed by atoms with Gasteiger partial charge in [0, 0.05) is 24.9 Å². The van der Waals surface area contributed by atoms with Crippen molar-refractivity contribution in [1.29, 1.82) is 0 Å². The molecular weight excluding hydrogens is 254 g/mol. The lowest BCUT2D eigenvalue weighted by molar-refractivity contribution is 0.0989. The van der Waals surface area contributed by atoms with Crippen molar-refractivity contribution in [3.05, 3.63) is 30.0 Å². The second kappa shape index (κ2) is 6.09. The molecule has 0 aliphatic carbocycles. The molecule has 2 rings (SSSR count). The van der Waals surface area contributed by atoms with E-state index in [9.17, 15) is 4.79 Å². The fourth-order valence-electron chi connectivity index (χ4n) is 1.94. The van der Waals surface area contributed by atoms with Gasteiger partial charge in [0.1, 0.15) is 17.4 Å². The van der Waals surface area contributed by atoms with Crippen LogP contribution < -0.4 is 10.1 Å². The van der Waals surface area contributed by atoms with Crippen molar-refractivity contribution in [2.75, 3.05) is 6.54 Å². The fraction of sp³-hybridized carbons (Fsp3) is 0.438. The molecule has 1 atom stereocenters. The number of ether oxygens (including phenoxy) is 1. The van der Waals surface area contributed by atoms with E-state index in [1.165, 1.54) is 6.92 Å². The molecule has 1 heterocycles. The van der Waals surface area contributed by atoms with Gasteiger partial charge in [-0.25, -0.2) is 0 Å². The lowest BCUT2D eigenvalue weighted by atomic mass is 10.2. The first-order valence-corrected chi connectivity index (χ1v) is 6.90. The summed E-state index contributed by atoms with van der Waals surface area (Å²) in [5, 5.41) is 4.22. The highest BCUT2D eigenvalue weighted by Crippen LogP contribution is 2.25. The van der Waals surface area contributed by atoms with Gasteiger partial charge in [-0.05, 0) is 31.2 Å². The third-order valence-electron chi connectivity index (χ3n) is 2.99. The number of carbonyl (C=O) groups excluding carboxylic acids is 1. The zero-order chi connectivity index (χ0) is 14.7. The fourth-order valence-corrected chi connectivity index (χ4v) is 1.94. The van der Waals surface area contributed by atoms with E-state index in [0.717, 1.165) is 17.7 Å². The Kier molecular flexibility index (Phi) is 4.45. The summed E-state index contributed by atoms with van der Waals surface area (Å²) >= 11 is 0. The molecule has 108 valence electrons. The molecule has 4 nitrogen and oxygen atoms in total. The average Bonchev–Trinajstić information content (AvgIpc) is 2.79. The largest absolute Gasteiger partial charge is 0.489 e. The normalized spacial score (nSPS) is 12.8. The van der Waals surface area contributed by atoms with Crippen LogP contribution in [-0.2, 0) is 0 Å². The van der Waals surface area contributed by atoms with Crippen LogP contribution in [0.25, 0.3) is 11.0 Å². The summed E-state index contributed by atoms with van der Waals surface area (Å²) in [6.07, 6.45) is 0.0778. The number of nitrogens with one attached hydrogen (secondary N) is 1. The molecule has 0 saturated carbocycles. The first-order chi connectivity index (χ1) is 9.45. The van der Waals surface area contributed by atoms with Crippen LogP contribution in [0.4, 0.5) is 0 Å². The van der Waals surface area contributed by atoms with Gasteiger partial charge in [0.05, 0.1) is 0 Å². The Bertz CT molecular complexity index is 601. The van der Waals surface area contributed by atoms with Crippen molar-refractivity contribution in [2.45, 2.75) is 39.8 Å². The first-order valence-electron chi connectivity index (χ1n) is 6.90. The predicted molar refractivity (Wildman–Crippen MR) is 79.4 cm³/mol. The van der Waals surface area contributed by atoms with Gasteiger partial charge in [-0.1, -0.05) is 13.8 Å². The molecule has 2 aromatic rings. The van der Waals surface area contributed by atoms with Gasteiger partial charge in [0.15, 0.2) is 11.5 Å². The molecule has 1 aromatic heterocycles. The topological polar surface area (TPSA) is 51.5 Å². The van der Waals surface area contributed by atoms with Crippen molar-refractivity contribution in [3.63, 3.8) is 0 Å². The van der Waals surface area contributed by atoms with Gasteiger partial charge in [-0.15, -0.1) is 0 Å². The molecule has 1 N–H and O–H groups in total. The van der Waals surface area contributed by atoms with Crippen LogP contribution >= 0.6 is 0 Å². The van der Waals surface area contributed by atoms with Gasteiger partial charge >= 0.3 is 0 Å². The maximum atomic E-state index is 11.3. The second-order valence-corrected chi connectivity index (χ2v) is 5.36. The summed E-state index contributed by atoms with van der Waals surface area (Å²) in [4.78, 5) is 11.3. The maximum absolute atomic E-state index is 11.3. The molecule has 0 radical (unpaired) electrons. The standard InChI is InChI=1S/C16H21NO3/c1-10(2)17-9-11(3)19-14-5-6-15-13(7-14)8-16(20-15)12(4)18/h5-8,10-11,17H,9H2,1-4H3/t11-/m1/s1. The maximum Gasteiger partial charge on any atom is 0.194 e. The van der Waals surface area contributed by atoms with Crippen molar-refractivity contribution in [1.82, 2.24) is 5.32 Å². The highest BCUT2D eigenvalue weighted by atomic mass is 16.5. The molecule has 4 heteroatoms. The van der Waals surface area contributed by atoms with E-state index in [1.807, 2.05) is 25.1 Å². The van der Waals surface area contributed by atoms with Crippen molar-refractivity contribution in [3.8, 4) is 5.75 Å². The van der Waals surface area contributed by atoms with Crippen LogP contribution in [0.15, 0.2) is 28.7 Å². The molecule has 20 heavy (non-hydrogen) atoms. The number of Topliss-reactive ketones (excluding diaryl/α,β-unsaturated/α-hetero) is 1. The van der Waals surface area contributed by atoms with Crippen molar-refractivity contribution in [2.24, 2.45) is 0 Å². The Labute approximate surface area is 119 Å². The molecule has 0 amide bonds. The quantitative estimate of drug-likeness (QED) is 0.821. The molecule has 1 aromatic carbocycles. The third-order valence-corrected chi connectivity index (χ3v) is 2.99. The van der Waals surface area contributed by atoms with Gasteiger partial charge in [-0.2, -0.15) is 0 Å². The molecular formula is C16H21NO3. The Hall–Kier alpha value is -1.81. The lowest BCUT2D eigenvalue weighted by Crippen LogP contribution is -2.33. The van der Waals surface area contributed by atoms with E-state index < -0.39 is 0 Å². The van der Waals surface area contributed by atoms with Crippen molar-refractivity contribution >= 4 is 16.8 Å². The second-order valence-electron chi connectivity index (χ2n) is 5.36. The molecule has 0 bridgehead atoms. The SMILES string of the molecule is CC(=O)c1cc2cc(O[C@H](C)CNC(C)C)ccc2o1. The number of furan rings is 1. The van der Waals surface area contributed by atoms with Gasteiger partial charge < -0.3 is 14.5 Å². The summed E-state index contributed by atoms with van der Waals surface area (Å²) in [7, 11) is 0. The summed E-state index contributed by atoms with van der Waals surface area (Å²) in [5.41, 5.74) is 0.704. The molecule has 0 unspecified atom stereocenters. The number of carbonyl (C=O) groups is 1. The minimum atomic E-state index is -0.0711. The molecule has 0 aliphatic heterocycles. The number of hydrogen-bond acceptors (Lipinski definition) is 4. The number of rotatable bonds is 6. The lowest BCUT2D eigenvalue weighted by Gasteiger charge is -2.17. The van der Waals surface area contributed by atoms with Crippen LogP contribution in [0.5, 0.6) is 5.75 Å². The minimum Gasteiger partial charge on any atom is -0.489 e. The van der Waals surface area contributed by atoms with Crippen LogP contribution in [0.3, 0.4) is 0 Å². The minimum absolute atomic E-state index is 0.0711. The number of fused-ring (bicyclic) bond motifs is 1. The molecule has 0 saturated heterocycles. The van der Waals surface area contributed by atoms with Crippen LogP contribution in [-0.4, -0.2) is 24.5 Å². The number of benzene rings is 1. The Balaban J connectivity index is 2.09. The monoisotopic (exact) mass is 275 g/mol. The van der Waals surface area contributed by atoms with Gasteiger partial charge in [0.25, 0.3) is 0 Å². The van der Waals surface area contributed by atoms with Crippen molar-refractivity contribution < 1.29 is 13.9 Å². The smallest absolute Gasteiger partial charge is 0.194 e.